The Hall–Kier alpha value is -2.24. The van der Waals surface area contributed by atoms with Crippen molar-refractivity contribution in [3.05, 3.63) is 104 Å². The summed E-state index contributed by atoms with van der Waals surface area (Å²) in [5.74, 6) is -5.04. The smallest absolute Gasteiger partial charge is 0.310 e. The van der Waals surface area contributed by atoms with E-state index in [0.29, 0.717) is 31.2 Å². The molecule has 0 radical (unpaired) electrons. The van der Waals surface area contributed by atoms with Crippen molar-refractivity contribution in [3.8, 4) is 0 Å². The molecule has 2 aliphatic carbocycles. The van der Waals surface area contributed by atoms with Crippen molar-refractivity contribution in [2.45, 2.75) is 49.5 Å². The molecule has 0 spiro atoms. The molecule has 3 aromatic rings. The van der Waals surface area contributed by atoms with Gasteiger partial charge >= 0.3 is 11.9 Å². The van der Waals surface area contributed by atoms with Crippen LogP contribution in [0.5, 0.6) is 0 Å². The third-order valence-corrected chi connectivity index (χ3v) is 9.29. The van der Waals surface area contributed by atoms with Gasteiger partial charge in [-0.25, -0.2) is 0 Å². The molecule has 1 unspecified atom stereocenters. The van der Waals surface area contributed by atoms with Gasteiger partial charge in [-0.3, -0.25) is 9.59 Å². The number of carboxylic acids is 1. The van der Waals surface area contributed by atoms with Crippen molar-refractivity contribution in [1.82, 2.24) is 0 Å². The Bertz CT molecular complexity index is 1250. The molecule has 2 fully saturated rings. The number of carboxylic acid groups (broad SMARTS) is 1. The third-order valence-electron chi connectivity index (χ3n) is 7.97. The minimum atomic E-state index is -1.09. The minimum absolute atomic E-state index is 0.0638. The highest BCUT2D eigenvalue weighted by Crippen LogP contribution is 2.62. The Balaban J connectivity index is 1.56. The first kappa shape index (κ1) is 27.3. The molecule has 198 valence electrons. The number of ether oxygens (including phenoxy) is 1. The van der Waals surface area contributed by atoms with Gasteiger partial charge in [0.2, 0.25) is 0 Å². The zero-order chi connectivity index (χ0) is 27.0. The van der Waals surface area contributed by atoms with Crippen molar-refractivity contribution in [2.75, 3.05) is 0 Å². The first-order valence-electron chi connectivity index (χ1n) is 12.7. The molecule has 0 aromatic heterocycles. The van der Waals surface area contributed by atoms with E-state index >= 15 is 0 Å². The summed E-state index contributed by atoms with van der Waals surface area (Å²) in [5, 5.41) is 11.6. The molecule has 8 heteroatoms. The van der Waals surface area contributed by atoms with E-state index in [1.54, 1.807) is 36.4 Å². The molecule has 38 heavy (non-hydrogen) atoms. The quantitative estimate of drug-likeness (QED) is 0.291. The van der Waals surface area contributed by atoms with E-state index in [2.05, 4.69) is 12.1 Å². The Labute approximate surface area is 241 Å². The number of halogens is 4. The summed E-state index contributed by atoms with van der Waals surface area (Å²) in [6, 6.07) is 20.0. The molecule has 2 aliphatic rings. The molecule has 4 atom stereocenters. The molecule has 0 heterocycles. The van der Waals surface area contributed by atoms with Crippen LogP contribution in [0.15, 0.2) is 66.7 Å². The molecule has 4 nitrogen and oxygen atoms in total. The van der Waals surface area contributed by atoms with Crippen LogP contribution in [0, 0.1) is 11.8 Å². The number of carbonyl (C=O) groups is 2. The highest BCUT2D eigenvalue weighted by molar-refractivity contribution is 6.37. The van der Waals surface area contributed by atoms with Crippen molar-refractivity contribution in [1.29, 1.82) is 0 Å². The zero-order valence-corrected chi connectivity index (χ0v) is 23.4. The lowest BCUT2D eigenvalue weighted by Gasteiger charge is -2.50. The first-order valence-corrected chi connectivity index (χ1v) is 14.2. The Kier molecular flexibility index (Phi) is 8.25. The average Bonchev–Trinajstić information content (AvgIpc) is 2.87. The number of hydrogen-bond donors (Lipinski definition) is 1. The molecular weight excluding hydrogens is 566 g/mol. The molecule has 0 aliphatic heterocycles. The maximum atomic E-state index is 14.1. The second-order valence-electron chi connectivity index (χ2n) is 9.99. The van der Waals surface area contributed by atoms with Crippen LogP contribution < -0.4 is 0 Å². The Morgan fingerprint density at radius 1 is 0.684 bits per heavy atom. The summed E-state index contributed by atoms with van der Waals surface area (Å²) in [4.78, 5) is 26.7. The normalized spacial score (nSPS) is 26.8. The summed E-state index contributed by atoms with van der Waals surface area (Å²) in [6.07, 6.45) is 3.31. The van der Waals surface area contributed by atoms with Crippen molar-refractivity contribution in [3.63, 3.8) is 0 Å². The highest BCUT2D eigenvalue weighted by atomic mass is 35.5. The molecule has 3 aromatic carbocycles. The number of benzene rings is 3. The van der Waals surface area contributed by atoms with E-state index in [1.165, 1.54) is 0 Å². The number of carbonyl (C=O) groups excluding carboxylic acids is 1. The number of esters is 1. The fourth-order valence-corrected chi connectivity index (χ4v) is 7.57. The minimum Gasteiger partial charge on any atom is -0.481 e. The second kappa shape index (κ2) is 11.5. The van der Waals surface area contributed by atoms with Crippen molar-refractivity contribution >= 4 is 58.3 Å². The maximum absolute atomic E-state index is 14.1. The van der Waals surface area contributed by atoms with Crippen LogP contribution in [0.25, 0.3) is 0 Å². The first-order chi connectivity index (χ1) is 18.3. The summed E-state index contributed by atoms with van der Waals surface area (Å²) >= 11 is 26.2. The molecule has 5 rings (SSSR count). The van der Waals surface area contributed by atoms with Crippen LogP contribution in [0.3, 0.4) is 0 Å². The summed E-state index contributed by atoms with van der Waals surface area (Å²) < 4.78 is 6.25. The lowest BCUT2D eigenvalue weighted by Crippen LogP contribution is -2.52. The van der Waals surface area contributed by atoms with E-state index in [-0.39, 0.29) is 12.0 Å². The molecule has 0 amide bonds. The van der Waals surface area contributed by atoms with Crippen molar-refractivity contribution in [2.24, 2.45) is 11.8 Å². The summed E-state index contributed by atoms with van der Waals surface area (Å²) in [6.45, 7) is 0. The third kappa shape index (κ3) is 5.04. The Morgan fingerprint density at radius 3 is 1.68 bits per heavy atom. The Morgan fingerprint density at radius 2 is 1.18 bits per heavy atom. The van der Waals surface area contributed by atoms with E-state index in [4.69, 9.17) is 51.1 Å². The highest BCUT2D eigenvalue weighted by Gasteiger charge is 2.61. The standard InChI is InChI=1S/C30H26Cl4O4/c31-18-11-6-12-19(32)23(18)25-27(29(35)36)26(24-20(33)13-7-14-21(24)34)28(25)30(37)38-22-15-5-4-10-17(22)16-8-2-1-3-9-16/h1-3,6-9,11-14,17,22,25-28H,4-5,10,15H2,(H,35,36)/t17-,22?,25-,26-,27?,28?/m0/s1. The second-order valence-corrected chi connectivity index (χ2v) is 11.6. The summed E-state index contributed by atoms with van der Waals surface area (Å²) in [5.41, 5.74) is 1.97. The molecular formula is C30H26Cl4O4. The zero-order valence-electron chi connectivity index (χ0n) is 20.3. The lowest BCUT2D eigenvalue weighted by atomic mass is 9.52. The van der Waals surface area contributed by atoms with Gasteiger partial charge in [0.1, 0.15) is 6.10 Å². The fourth-order valence-electron chi connectivity index (χ4n) is 6.27. The van der Waals surface area contributed by atoms with E-state index in [9.17, 15) is 14.7 Å². The van der Waals surface area contributed by atoms with Gasteiger partial charge in [0, 0.05) is 37.8 Å². The van der Waals surface area contributed by atoms with Gasteiger partial charge in [-0.15, -0.1) is 0 Å². The number of aliphatic carboxylic acids is 1. The van der Waals surface area contributed by atoms with Gasteiger partial charge in [0.05, 0.1) is 11.8 Å². The number of hydrogen-bond acceptors (Lipinski definition) is 3. The number of rotatable bonds is 6. The van der Waals surface area contributed by atoms with E-state index < -0.39 is 35.6 Å². The van der Waals surface area contributed by atoms with Gasteiger partial charge in [0.15, 0.2) is 0 Å². The molecule has 1 N–H and O–H groups in total. The monoisotopic (exact) mass is 590 g/mol. The molecule has 0 bridgehead atoms. The van der Waals surface area contributed by atoms with Crippen LogP contribution in [0.4, 0.5) is 0 Å². The van der Waals surface area contributed by atoms with Crippen LogP contribution in [0.1, 0.15) is 60.1 Å². The van der Waals surface area contributed by atoms with Crippen LogP contribution >= 0.6 is 46.4 Å². The lowest BCUT2D eigenvalue weighted by molar-refractivity contribution is -0.170. The topological polar surface area (TPSA) is 63.6 Å². The maximum Gasteiger partial charge on any atom is 0.310 e. The SMILES string of the molecule is O=C(O)C1[C@H](c2c(Cl)cccc2Cl)C(C(=O)OC2CCCC[C@H]2c2ccccc2)[C@H]1c1c(Cl)cccc1Cl. The predicted molar refractivity (Wildman–Crippen MR) is 151 cm³/mol. The van der Waals surface area contributed by atoms with Crippen LogP contribution in [-0.2, 0) is 14.3 Å². The van der Waals surface area contributed by atoms with Crippen LogP contribution in [0.2, 0.25) is 20.1 Å². The van der Waals surface area contributed by atoms with Gasteiger partial charge in [0.25, 0.3) is 0 Å². The van der Waals surface area contributed by atoms with E-state index in [0.717, 1.165) is 31.2 Å². The average molecular weight is 592 g/mol. The molecule has 2 saturated carbocycles. The van der Waals surface area contributed by atoms with Gasteiger partial charge in [-0.2, -0.15) is 0 Å². The van der Waals surface area contributed by atoms with Gasteiger partial charge in [-0.1, -0.05) is 95.3 Å². The molecule has 0 saturated heterocycles. The summed E-state index contributed by atoms with van der Waals surface area (Å²) in [7, 11) is 0. The van der Waals surface area contributed by atoms with Crippen LogP contribution in [-0.4, -0.2) is 23.1 Å². The van der Waals surface area contributed by atoms with E-state index in [1.807, 2.05) is 18.2 Å². The largest absolute Gasteiger partial charge is 0.481 e. The van der Waals surface area contributed by atoms with Crippen molar-refractivity contribution < 1.29 is 19.4 Å². The van der Waals surface area contributed by atoms with Gasteiger partial charge in [-0.05, 0) is 60.2 Å². The van der Waals surface area contributed by atoms with Gasteiger partial charge < -0.3 is 9.84 Å². The predicted octanol–water partition coefficient (Wildman–Crippen LogP) is 8.77. The fraction of sp³-hybridized carbons (Fsp3) is 0.333.